The lowest BCUT2D eigenvalue weighted by atomic mass is 10.2. The van der Waals surface area contributed by atoms with Crippen molar-refractivity contribution in [1.82, 2.24) is 10.3 Å². The standard InChI is InChI=1S/C11H19N3O2S/c1-12-9-10-5-4-6-13-11(10)14(2)7-8-17(3,15)16/h4-6,12H,7-9H2,1-3H3. The molecule has 0 saturated carbocycles. The van der Waals surface area contributed by atoms with E-state index in [9.17, 15) is 8.42 Å². The van der Waals surface area contributed by atoms with Crippen LogP contribution < -0.4 is 10.2 Å². The highest BCUT2D eigenvalue weighted by molar-refractivity contribution is 7.90. The molecule has 0 atom stereocenters. The van der Waals surface area contributed by atoms with E-state index in [1.807, 2.05) is 31.1 Å². The predicted molar refractivity (Wildman–Crippen MR) is 70.0 cm³/mol. The Morgan fingerprint density at radius 3 is 2.76 bits per heavy atom. The fourth-order valence-electron chi connectivity index (χ4n) is 1.51. The number of hydrogen-bond donors (Lipinski definition) is 1. The Balaban J connectivity index is 2.77. The van der Waals surface area contributed by atoms with Crippen LogP contribution >= 0.6 is 0 Å². The van der Waals surface area contributed by atoms with Crippen LogP contribution in [0.25, 0.3) is 0 Å². The van der Waals surface area contributed by atoms with Gasteiger partial charge in [-0.3, -0.25) is 0 Å². The minimum absolute atomic E-state index is 0.138. The maximum atomic E-state index is 11.1. The zero-order valence-electron chi connectivity index (χ0n) is 10.5. The number of anilines is 1. The maximum absolute atomic E-state index is 11.1. The Labute approximate surface area is 103 Å². The molecule has 0 fully saturated rings. The van der Waals surface area contributed by atoms with Crippen molar-refractivity contribution in [3.05, 3.63) is 23.9 Å². The second-order valence-corrected chi connectivity index (χ2v) is 6.33. The van der Waals surface area contributed by atoms with Gasteiger partial charge in [0.25, 0.3) is 0 Å². The first-order valence-electron chi connectivity index (χ1n) is 5.41. The van der Waals surface area contributed by atoms with Gasteiger partial charge in [0.05, 0.1) is 5.75 Å². The monoisotopic (exact) mass is 257 g/mol. The van der Waals surface area contributed by atoms with Crippen molar-refractivity contribution in [3.63, 3.8) is 0 Å². The topological polar surface area (TPSA) is 62.3 Å². The SMILES string of the molecule is CNCc1cccnc1N(C)CCS(C)(=O)=O. The molecule has 1 N–H and O–H groups in total. The third-order valence-corrected chi connectivity index (χ3v) is 3.32. The highest BCUT2D eigenvalue weighted by Crippen LogP contribution is 2.15. The summed E-state index contributed by atoms with van der Waals surface area (Å²) in [5.41, 5.74) is 1.06. The third-order valence-electron chi connectivity index (χ3n) is 2.39. The van der Waals surface area contributed by atoms with E-state index in [0.717, 1.165) is 11.4 Å². The predicted octanol–water partition coefficient (Wildman–Crippen LogP) is 0.282. The van der Waals surface area contributed by atoms with Crippen molar-refractivity contribution in [3.8, 4) is 0 Å². The molecule has 0 bridgehead atoms. The first-order valence-corrected chi connectivity index (χ1v) is 7.47. The van der Waals surface area contributed by atoms with E-state index in [2.05, 4.69) is 10.3 Å². The number of aromatic nitrogens is 1. The van der Waals surface area contributed by atoms with E-state index in [4.69, 9.17) is 0 Å². The Morgan fingerprint density at radius 1 is 1.47 bits per heavy atom. The van der Waals surface area contributed by atoms with E-state index in [1.54, 1.807) is 6.20 Å². The Kier molecular flexibility index (Phi) is 4.89. The summed E-state index contributed by atoms with van der Waals surface area (Å²) in [6.07, 6.45) is 2.96. The first kappa shape index (κ1) is 13.9. The van der Waals surface area contributed by atoms with Crippen LogP contribution in [0.15, 0.2) is 18.3 Å². The van der Waals surface area contributed by atoms with Crippen molar-refractivity contribution in [2.24, 2.45) is 0 Å². The molecule has 17 heavy (non-hydrogen) atoms. The summed E-state index contributed by atoms with van der Waals surface area (Å²) in [5.74, 6) is 0.963. The number of nitrogens with zero attached hydrogens (tertiary/aromatic N) is 2. The average molecular weight is 257 g/mol. The highest BCUT2D eigenvalue weighted by Gasteiger charge is 2.10. The number of rotatable bonds is 6. The largest absolute Gasteiger partial charge is 0.358 e. The van der Waals surface area contributed by atoms with Gasteiger partial charge in [0.15, 0.2) is 0 Å². The van der Waals surface area contributed by atoms with Crippen LogP contribution in [-0.4, -0.2) is 46.1 Å². The number of nitrogens with one attached hydrogen (secondary N) is 1. The smallest absolute Gasteiger partial charge is 0.149 e. The number of hydrogen-bond acceptors (Lipinski definition) is 5. The minimum Gasteiger partial charge on any atom is -0.358 e. The molecular weight excluding hydrogens is 238 g/mol. The summed E-state index contributed by atoms with van der Waals surface area (Å²) in [7, 11) is 0.785. The van der Waals surface area contributed by atoms with Crippen LogP contribution in [0.1, 0.15) is 5.56 Å². The molecule has 0 aliphatic heterocycles. The minimum atomic E-state index is -2.94. The van der Waals surface area contributed by atoms with E-state index in [1.165, 1.54) is 6.26 Å². The lowest BCUT2D eigenvalue weighted by molar-refractivity contribution is 0.601. The van der Waals surface area contributed by atoms with E-state index >= 15 is 0 Å². The van der Waals surface area contributed by atoms with Gasteiger partial charge >= 0.3 is 0 Å². The molecule has 0 aliphatic rings. The van der Waals surface area contributed by atoms with Gasteiger partial charge in [0.1, 0.15) is 15.7 Å². The van der Waals surface area contributed by atoms with Crippen LogP contribution in [0.2, 0.25) is 0 Å². The van der Waals surface area contributed by atoms with Crippen LogP contribution in [0.5, 0.6) is 0 Å². The second-order valence-electron chi connectivity index (χ2n) is 4.07. The van der Waals surface area contributed by atoms with Gasteiger partial charge in [-0.1, -0.05) is 6.07 Å². The van der Waals surface area contributed by atoms with Gasteiger partial charge in [-0.2, -0.15) is 0 Å². The van der Waals surface area contributed by atoms with E-state index < -0.39 is 9.84 Å². The van der Waals surface area contributed by atoms with Crippen LogP contribution in [0.3, 0.4) is 0 Å². The summed E-state index contributed by atoms with van der Waals surface area (Å²) >= 11 is 0. The van der Waals surface area contributed by atoms with Crippen molar-refractivity contribution in [2.45, 2.75) is 6.54 Å². The molecular formula is C11H19N3O2S. The second kappa shape index (κ2) is 5.97. The van der Waals surface area contributed by atoms with Crippen LogP contribution in [0.4, 0.5) is 5.82 Å². The van der Waals surface area contributed by atoms with Gasteiger partial charge < -0.3 is 10.2 Å². The molecule has 0 aliphatic carbocycles. The molecule has 0 amide bonds. The third kappa shape index (κ3) is 4.70. The molecule has 0 unspecified atom stereocenters. The summed E-state index contributed by atoms with van der Waals surface area (Å²) in [6.45, 7) is 1.17. The Morgan fingerprint density at radius 2 is 2.18 bits per heavy atom. The molecule has 6 heteroatoms. The summed E-state index contributed by atoms with van der Waals surface area (Å²) in [4.78, 5) is 6.16. The molecule has 5 nitrogen and oxygen atoms in total. The van der Waals surface area contributed by atoms with Crippen LogP contribution in [0, 0.1) is 0 Å². The summed E-state index contributed by atoms with van der Waals surface area (Å²) in [5, 5.41) is 3.07. The van der Waals surface area contributed by atoms with Crippen LogP contribution in [-0.2, 0) is 16.4 Å². The fourth-order valence-corrected chi connectivity index (χ4v) is 2.12. The lowest BCUT2D eigenvalue weighted by Crippen LogP contribution is -2.27. The molecule has 1 aromatic rings. The molecule has 0 spiro atoms. The Hall–Kier alpha value is -1.14. The van der Waals surface area contributed by atoms with Crippen molar-refractivity contribution in [1.29, 1.82) is 0 Å². The first-order chi connectivity index (χ1) is 7.94. The van der Waals surface area contributed by atoms with E-state index in [0.29, 0.717) is 13.1 Å². The number of sulfone groups is 1. The molecule has 1 heterocycles. The molecule has 0 radical (unpaired) electrons. The van der Waals surface area contributed by atoms with E-state index in [-0.39, 0.29) is 5.75 Å². The molecule has 96 valence electrons. The zero-order valence-corrected chi connectivity index (χ0v) is 11.3. The van der Waals surface area contributed by atoms with Crippen molar-refractivity contribution in [2.75, 3.05) is 37.5 Å². The average Bonchev–Trinajstić information content (AvgIpc) is 2.26. The quantitative estimate of drug-likeness (QED) is 0.793. The van der Waals surface area contributed by atoms with Gasteiger partial charge in [-0.25, -0.2) is 13.4 Å². The van der Waals surface area contributed by atoms with Gasteiger partial charge in [0, 0.05) is 38.2 Å². The zero-order chi connectivity index (χ0) is 12.9. The van der Waals surface area contributed by atoms with Gasteiger partial charge in [-0.15, -0.1) is 0 Å². The fraction of sp³-hybridized carbons (Fsp3) is 0.545. The van der Waals surface area contributed by atoms with Gasteiger partial charge in [-0.05, 0) is 13.1 Å². The molecule has 1 rings (SSSR count). The molecule has 1 aromatic heterocycles. The summed E-state index contributed by atoms with van der Waals surface area (Å²) < 4.78 is 22.2. The number of pyridine rings is 1. The maximum Gasteiger partial charge on any atom is 0.149 e. The normalized spacial score (nSPS) is 11.5. The lowest BCUT2D eigenvalue weighted by Gasteiger charge is -2.20. The Bertz CT molecular complexity index is 460. The highest BCUT2D eigenvalue weighted by atomic mass is 32.2. The molecule has 0 aromatic carbocycles. The van der Waals surface area contributed by atoms with Crippen molar-refractivity contribution >= 4 is 15.7 Å². The van der Waals surface area contributed by atoms with Crippen molar-refractivity contribution < 1.29 is 8.42 Å². The van der Waals surface area contributed by atoms with Gasteiger partial charge in [0.2, 0.25) is 0 Å². The molecule has 0 saturated heterocycles. The summed E-state index contributed by atoms with van der Waals surface area (Å²) in [6, 6.07) is 3.86.